The summed E-state index contributed by atoms with van der Waals surface area (Å²) in [7, 11) is 3.26. The van der Waals surface area contributed by atoms with Crippen molar-refractivity contribution in [1.82, 2.24) is 0 Å². The van der Waals surface area contributed by atoms with E-state index in [1.165, 1.54) is 34.9 Å². The van der Waals surface area contributed by atoms with E-state index in [9.17, 15) is 0 Å². The Morgan fingerprint density at radius 1 is 0.921 bits per heavy atom. The highest BCUT2D eigenvalue weighted by Crippen LogP contribution is 2.41. The molecule has 1 saturated heterocycles. The zero-order chi connectivity index (χ0) is 27.2. The van der Waals surface area contributed by atoms with Crippen molar-refractivity contribution in [3.8, 4) is 16.9 Å². The van der Waals surface area contributed by atoms with Crippen LogP contribution in [0.25, 0.3) is 17.2 Å². The van der Waals surface area contributed by atoms with E-state index in [2.05, 4.69) is 94.4 Å². The molecule has 4 rings (SSSR count). The van der Waals surface area contributed by atoms with Crippen LogP contribution in [0, 0.1) is 6.92 Å². The van der Waals surface area contributed by atoms with Crippen LogP contribution in [0.1, 0.15) is 67.9 Å². The largest absolute Gasteiger partial charge is 0.496 e. The molecule has 1 atom stereocenters. The Morgan fingerprint density at radius 3 is 2.21 bits per heavy atom. The lowest BCUT2D eigenvalue weighted by atomic mass is 9.70. The number of benzene rings is 3. The molecule has 1 aliphatic heterocycles. The number of hydrogen-bond donors (Lipinski definition) is 0. The van der Waals surface area contributed by atoms with Crippen LogP contribution in [-0.4, -0.2) is 33.0 Å². The van der Waals surface area contributed by atoms with Crippen LogP contribution in [0.4, 0.5) is 0 Å². The van der Waals surface area contributed by atoms with Gasteiger partial charge in [0.2, 0.25) is 0 Å². The van der Waals surface area contributed by atoms with E-state index in [1.807, 2.05) is 6.07 Å². The fraction of sp³-hybridized carbons (Fsp3) is 0.412. The summed E-state index contributed by atoms with van der Waals surface area (Å²) in [6, 6.07) is 22.3. The minimum absolute atomic E-state index is 0.0383. The lowest BCUT2D eigenvalue weighted by Crippen LogP contribution is -2.26. The Labute approximate surface area is 228 Å². The number of ether oxygens (including phenoxy) is 2. The van der Waals surface area contributed by atoms with Gasteiger partial charge in [0.05, 0.1) is 27.4 Å². The molecular weight excluding hydrogens is 472 g/mol. The third kappa shape index (κ3) is 5.88. The second-order valence-corrected chi connectivity index (χ2v) is 10.3. The summed E-state index contributed by atoms with van der Waals surface area (Å²) in [6.07, 6.45) is 8.31. The molecule has 0 bridgehead atoms. The molecule has 1 fully saturated rings. The van der Waals surface area contributed by atoms with E-state index in [4.69, 9.17) is 19.2 Å². The normalized spacial score (nSPS) is 17.2. The Balaban J connectivity index is 1.63. The molecule has 1 aliphatic rings. The van der Waals surface area contributed by atoms with Crippen LogP contribution in [0.15, 0.2) is 66.7 Å². The predicted molar refractivity (Wildman–Crippen MR) is 156 cm³/mol. The summed E-state index contributed by atoms with van der Waals surface area (Å²) in [6.45, 7) is 10.3. The molecule has 3 aromatic rings. The smallest absolute Gasteiger partial charge is 0.126 e. The maximum atomic E-state index is 5.70. The molecule has 0 aromatic heterocycles. The second kappa shape index (κ2) is 12.3. The van der Waals surface area contributed by atoms with Crippen molar-refractivity contribution in [1.29, 1.82) is 0 Å². The molecule has 0 radical (unpaired) electrons. The molecule has 1 unspecified atom stereocenters. The third-order valence-electron chi connectivity index (χ3n) is 8.31. The van der Waals surface area contributed by atoms with Gasteiger partial charge >= 0.3 is 0 Å². The monoisotopic (exact) mass is 514 g/mol. The lowest BCUT2D eigenvalue weighted by Gasteiger charge is -2.34. The zero-order valence-corrected chi connectivity index (χ0v) is 23.8. The molecule has 38 heavy (non-hydrogen) atoms. The summed E-state index contributed by atoms with van der Waals surface area (Å²) in [5.41, 5.74) is 8.60. The summed E-state index contributed by atoms with van der Waals surface area (Å²) in [5, 5.41) is 0. The second-order valence-electron chi connectivity index (χ2n) is 10.3. The minimum Gasteiger partial charge on any atom is -0.496 e. The van der Waals surface area contributed by atoms with E-state index < -0.39 is 0 Å². The fourth-order valence-corrected chi connectivity index (χ4v) is 5.49. The average Bonchev–Trinajstić information content (AvgIpc) is 3.74. The van der Waals surface area contributed by atoms with Gasteiger partial charge in [-0.2, -0.15) is 0 Å². The molecule has 0 N–H and O–H groups in total. The first-order valence-electron chi connectivity index (χ1n) is 13.8. The number of epoxide rings is 1. The van der Waals surface area contributed by atoms with Crippen molar-refractivity contribution in [2.24, 2.45) is 0 Å². The maximum Gasteiger partial charge on any atom is 0.126 e. The summed E-state index contributed by atoms with van der Waals surface area (Å²) in [4.78, 5) is 9.81. The predicted octanol–water partition coefficient (Wildman–Crippen LogP) is 8.09. The number of hydrogen-bond acceptors (Lipinski definition) is 4. The van der Waals surface area contributed by atoms with Gasteiger partial charge in [-0.05, 0) is 84.2 Å². The molecule has 0 saturated carbocycles. The van der Waals surface area contributed by atoms with Crippen LogP contribution < -0.4 is 4.74 Å². The van der Waals surface area contributed by atoms with E-state index in [0.717, 1.165) is 49.2 Å². The number of methoxy groups -OCH3 is 1. The van der Waals surface area contributed by atoms with Crippen LogP contribution in [0.3, 0.4) is 0 Å². The quantitative estimate of drug-likeness (QED) is 0.100. The van der Waals surface area contributed by atoms with Crippen molar-refractivity contribution in [2.75, 3.05) is 27.4 Å². The molecule has 202 valence electrons. The molecule has 4 nitrogen and oxygen atoms in total. The van der Waals surface area contributed by atoms with Gasteiger partial charge in [0, 0.05) is 11.0 Å². The maximum absolute atomic E-state index is 5.70. The molecule has 0 amide bonds. The fourth-order valence-electron chi connectivity index (χ4n) is 5.49. The van der Waals surface area contributed by atoms with Gasteiger partial charge in [0.25, 0.3) is 0 Å². The van der Waals surface area contributed by atoms with E-state index >= 15 is 0 Å². The Bertz CT molecular complexity index is 1230. The van der Waals surface area contributed by atoms with Gasteiger partial charge in [-0.15, -0.1) is 0 Å². The highest BCUT2D eigenvalue weighted by Gasteiger charge is 2.39. The molecule has 1 heterocycles. The molecule has 0 aliphatic carbocycles. The van der Waals surface area contributed by atoms with Crippen LogP contribution in [0.5, 0.6) is 5.75 Å². The Kier molecular flexibility index (Phi) is 9.09. The highest BCUT2D eigenvalue weighted by atomic mass is 17.2. The average molecular weight is 515 g/mol. The van der Waals surface area contributed by atoms with Crippen molar-refractivity contribution < 1.29 is 19.2 Å². The van der Waals surface area contributed by atoms with Crippen LogP contribution in [0.2, 0.25) is 0 Å². The Hall–Kier alpha value is -2.92. The first kappa shape index (κ1) is 28.1. The van der Waals surface area contributed by atoms with Crippen LogP contribution >= 0.6 is 0 Å². The molecule has 4 heteroatoms. The third-order valence-corrected chi connectivity index (χ3v) is 8.31. The first-order valence-corrected chi connectivity index (χ1v) is 13.8. The molecule has 3 aromatic carbocycles. The highest BCUT2D eigenvalue weighted by molar-refractivity contribution is 5.72. The SMILES string of the molecule is CCC1(/C=C/c2ccc(C(CC)(CC)c3ccc(-c4cc(CCOOC)ccc4OC)cc3)cc2C)CO1. The summed E-state index contributed by atoms with van der Waals surface area (Å²) in [5.74, 6) is 0.868. The van der Waals surface area contributed by atoms with Crippen LogP contribution in [-0.2, 0) is 26.3 Å². The van der Waals surface area contributed by atoms with Crippen molar-refractivity contribution >= 4 is 6.08 Å². The number of aryl methyl sites for hydroxylation is 1. The van der Waals surface area contributed by atoms with E-state index in [-0.39, 0.29) is 11.0 Å². The van der Waals surface area contributed by atoms with Gasteiger partial charge in [-0.1, -0.05) is 75.4 Å². The summed E-state index contributed by atoms with van der Waals surface area (Å²) >= 11 is 0. The first-order chi connectivity index (χ1) is 18.4. The van der Waals surface area contributed by atoms with E-state index in [0.29, 0.717) is 6.61 Å². The minimum atomic E-state index is -0.0425. The standard InChI is InChI=1S/C34H42O4/c1-7-33(24-37-33)20-18-27-11-16-30(22-25(27)4)34(8-2,9-3)29-14-12-28(13-15-29)31-23-26(19-21-38-36-6)10-17-32(31)35-5/h10-18,20,22-23H,7-9,19,21,24H2,1-6H3/b20-18+. The van der Waals surface area contributed by atoms with Crippen molar-refractivity contribution in [3.63, 3.8) is 0 Å². The topological polar surface area (TPSA) is 40.2 Å². The van der Waals surface area contributed by atoms with Gasteiger partial charge in [0.15, 0.2) is 0 Å². The molecule has 0 spiro atoms. The van der Waals surface area contributed by atoms with Gasteiger partial charge in [-0.25, -0.2) is 9.78 Å². The van der Waals surface area contributed by atoms with Gasteiger partial charge in [0.1, 0.15) is 11.4 Å². The van der Waals surface area contributed by atoms with E-state index in [1.54, 1.807) is 7.11 Å². The van der Waals surface area contributed by atoms with Gasteiger partial charge < -0.3 is 9.47 Å². The number of rotatable bonds is 13. The summed E-state index contributed by atoms with van der Waals surface area (Å²) < 4.78 is 11.4. The molecular formula is C34H42O4. The Morgan fingerprint density at radius 2 is 1.63 bits per heavy atom. The van der Waals surface area contributed by atoms with Crippen molar-refractivity contribution in [3.05, 3.63) is 94.6 Å². The van der Waals surface area contributed by atoms with Gasteiger partial charge in [-0.3, -0.25) is 0 Å². The van der Waals surface area contributed by atoms with Crippen molar-refractivity contribution in [2.45, 2.75) is 64.4 Å². The lowest BCUT2D eigenvalue weighted by molar-refractivity contribution is -0.271. The zero-order valence-electron chi connectivity index (χ0n) is 23.8.